The molecule has 0 spiro atoms. The van der Waals surface area contributed by atoms with Crippen LogP contribution in [0.5, 0.6) is 0 Å². The number of aromatic nitrogens is 1. The van der Waals surface area contributed by atoms with E-state index >= 15 is 0 Å². The number of fused-ring (bicyclic) bond motifs is 1. The summed E-state index contributed by atoms with van der Waals surface area (Å²) in [5.74, 6) is 0. The fourth-order valence-corrected chi connectivity index (χ4v) is 2.52. The van der Waals surface area contributed by atoms with Crippen LogP contribution in [0.2, 0.25) is 0 Å². The Labute approximate surface area is 110 Å². The molecule has 1 aromatic heterocycles. The standard InChI is InChI=1S/C16H24N2/c1-12(2)18-11-13(3)15-10-14(6-5-9-17-4)7-8-16(15)18/h7-8,10-12,17H,5-6,9H2,1-4H3. The van der Waals surface area contributed by atoms with E-state index in [1.54, 1.807) is 0 Å². The van der Waals surface area contributed by atoms with Crippen molar-refractivity contribution in [3.05, 3.63) is 35.5 Å². The highest BCUT2D eigenvalue weighted by molar-refractivity contribution is 5.84. The molecule has 2 aromatic rings. The summed E-state index contributed by atoms with van der Waals surface area (Å²) in [6.07, 6.45) is 4.63. The van der Waals surface area contributed by atoms with Crippen LogP contribution in [-0.2, 0) is 6.42 Å². The average molecular weight is 244 g/mol. The van der Waals surface area contributed by atoms with Crippen LogP contribution in [0.15, 0.2) is 24.4 Å². The van der Waals surface area contributed by atoms with Gasteiger partial charge in [0.2, 0.25) is 0 Å². The molecule has 2 rings (SSSR count). The van der Waals surface area contributed by atoms with E-state index in [4.69, 9.17) is 0 Å². The van der Waals surface area contributed by atoms with Crippen LogP contribution in [-0.4, -0.2) is 18.2 Å². The van der Waals surface area contributed by atoms with Crippen molar-refractivity contribution in [1.82, 2.24) is 9.88 Å². The Morgan fingerprint density at radius 3 is 2.72 bits per heavy atom. The highest BCUT2D eigenvalue weighted by Crippen LogP contribution is 2.25. The molecule has 1 aromatic carbocycles. The average Bonchev–Trinajstić information content (AvgIpc) is 2.67. The molecule has 2 heteroatoms. The topological polar surface area (TPSA) is 17.0 Å². The van der Waals surface area contributed by atoms with E-state index in [9.17, 15) is 0 Å². The Morgan fingerprint density at radius 1 is 1.28 bits per heavy atom. The van der Waals surface area contributed by atoms with Gasteiger partial charge in [-0.15, -0.1) is 0 Å². The molecule has 0 radical (unpaired) electrons. The second kappa shape index (κ2) is 5.57. The first-order chi connectivity index (χ1) is 8.63. The molecule has 1 heterocycles. The summed E-state index contributed by atoms with van der Waals surface area (Å²) in [5.41, 5.74) is 4.19. The fourth-order valence-electron chi connectivity index (χ4n) is 2.52. The van der Waals surface area contributed by atoms with Crippen molar-refractivity contribution in [1.29, 1.82) is 0 Å². The molecule has 1 N–H and O–H groups in total. The molecule has 0 fully saturated rings. The molecule has 0 saturated heterocycles. The Morgan fingerprint density at radius 2 is 2.06 bits per heavy atom. The van der Waals surface area contributed by atoms with Gasteiger partial charge in [0, 0.05) is 23.1 Å². The van der Waals surface area contributed by atoms with Gasteiger partial charge in [0.25, 0.3) is 0 Å². The number of aryl methyl sites for hydroxylation is 2. The van der Waals surface area contributed by atoms with E-state index in [1.165, 1.54) is 28.5 Å². The lowest BCUT2D eigenvalue weighted by molar-refractivity contribution is 0.622. The molecule has 0 unspecified atom stereocenters. The van der Waals surface area contributed by atoms with Crippen LogP contribution in [0.3, 0.4) is 0 Å². The van der Waals surface area contributed by atoms with Gasteiger partial charge < -0.3 is 9.88 Å². The minimum Gasteiger partial charge on any atom is -0.345 e. The van der Waals surface area contributed by atoms with Gasteiger partial charge in [0.05, 0.1) is 0 Å². The quantitative estimate of drug-likeness (QED) is 0.794. The Bertz CT molecular complexity index is 523. The first kappa shape index (κ1) is 13.2. The number of benzene rings is 1. The van der Waals surface area contributed by atoms with Crippen molar-refractivity contribution >= 4 is 10.9 Å². The lowest BCUT2D eigenvalue weighted by Crippen LogP contribution is -2.08. The van der Waals surface area contributed by atoms with Crippen LogP contribution in [0.1, 0.15) is 37.4 Å². The van der Waals surface area contributed by atoms with Crippen LogP contribution in [0.4, 0.5) is 0 Å². The van der Waals surface area contributed by atoms with Gasteiger partial charge in [-0.2, -0.15) is 0 Å². The number of nitrogens with zero attached hydrogens (tertiary/aromatic N) is 1. The minimum absolute atomic E-state index is 0.524. The van der Waals surface area contributed by atoms with E-state index in [-0.39, 0.29) is 0 Å². The smallest absolute Gasteiger partial charge is 0.0485 e. The summed E-state index contributed by atoms with van der Waals surface area (Å²) >= 11 is 0. The molecule has 0 aliphatic heterocycles. The summed E-state index contributed by atoms with van der Waals surface area (Å²) in [5, 5.41) is 4.61. The Hall–Kier alpha value is -1.28. The van der Waals surface area contributed by atoms with Gasteiger partial charge in [-0.05, 0) is 70.5 Å². The zero-order chi connectivity index (χ0) is 13.1. The van der Waals surface area contributed by atoms with Crippen LogP contribution in [0.25, 0.3) is 10.9 Å². The number of hydrogen-bond acceptors (Lipinski definition) is 1. The van der Waals surface area contributed by atoms with E-state index in [0.717, 1.165) is 13.0 Å². The van der Waals surface area contributed by atoms with E-state index < -0.39 is 0 Å². The summed E-state index contributed by atoms with van der Waals surface area (Å²) in [6.45, 7) is 7.77. The summed E-state index contributed by atoms with van der Waals surface area (Å²) in [4.78, 5) is 0. The van der Waals surface area contributed by atoms with E-state index in [1.807, 2.05) is 7.05 Å². The largest absolute Gasteiger partial charge is 0.345 e. The van der Waals surface area contributed by atoms with Crippen molar-refractivity contribution in [2.45, 2.75) is 39.7 Å². The molecule has 0 aliphatic rings. The number of nitrogens with one attached hydrogen (secondary N) is 1. The van der Waals surface area contributed by atoms with Crippen LogP contribution < -0.4 is 5.32 Å². The molecule has 0 saturated carbocycles. The molecule has 18 heavy (non-hydrogen) atoms. The SMILES string of the molecule is CNCCCc1ccc2c(c1)c(C)cn2C(C)C. The maximum Gasteiger partial charge on any atom is 0.0485 e. The zero-order valence-corrected chi connectivity index (χ0v) is 12.0. The molecular weight excluding hydrogens is 220 g/mol. The highest BCUT2D eigenvalue weighted by atomic mass is 15.0. The molecule has 0 atom stereocenters. The second-order valence-corrected chi connectivity index (χ2v) is 5.37. The van der Waals surface area contributed by atoms with Gasteiger partial charge in [-0.3, -0.25) is 0 Å². The maximum absolute atomic E-state index is 3.20. The van der Waals surface area contributed by atoms with Gasteiger partial charge >= 0.3 is 0 Å². The van der Waals surface area contributed by atoms with Crippen molar-refractivity contribution in [2.24, 2.45) is 0 Å². The summed E-state index contributed by atoms with van der Waals surface area (Å²) < 4.78 is 2.36. The van der Waals surface area contributed by atoms with Gasteiger partial charge in [0.1, 0.15) is 0 Å². The first-order valence-corrected chi connectivity index (χ1v) is 6.88. The third-order valence-electron chi connectivity index (χ3n) is 3.55. The summed E-state index contributed by atoms with van der Waals surface area (Å²) in [7, 11) is 2.01. The Balaban J connectivity index is 2.31. The predicted octanol–water partition coefficient (Wildman–Crippen LogP) is 3.68. The number of rotatable bonds is 5. The van der Waals surface area contributed by atoms with E-state index in [2.05, 4.69) is 55.1 Å². The molecule has 0 aliphatic carbocycles. The lowest BCUT2D eigenvalue weighted by atomic mass is 10.1. The third-order valence-corrected chi connectivity index (χ3v) is 3.55. The monoisotopic (exact) mass is 244 g/mol. The van der Waals surface area contributed by atoms with Gasteiger partial charge in [0.15, 0.2) is 0 Å². The predicted molar refractivity (Wildman–Crippen MR) is 79.3 cm³/mol. The molecular formula is C16H24N2. The summed E-state index contributed by atoms with van der Waals surface area (Å²) in [6, 6.07) is 7.43. The molecule has 0 amide bonds. The first-order valence-electron chi connectivity index (χ1n) is 6.88. The molecule has 0 bridgehead atoms. The zero-order valence-electron chi connectivity index (χ0n) is 12.0. The van der Waals surface area contributed by atoms with Crippen molar-refractivity contribution in [3.8, 4) is 0 Å². The lowest BCUT2D eigenvalue weighted by Gasteiger charge is -2.09. The second-order valence-electron chi connectivity index (χ2n) is 5.37. The normalized spacial score (nSPS) is 11.6. The van der Waals surface area contributed by atoms with Crippen LogP contribution >= 0.6 is 0 Å². The van der Waals surface area contributed by atoms with Crippen molar-refractivity contribution in [2.75, 3.05) is 13.6 Å². The van der Waals surface area contributed by atoms with Gasteiger partial charge in [-0.25, -0.2) is 0 Å². The maximum atomic E-state index is 3.20. The highest BCUT2D eigenvalue weighted by Gasteiger charge is 2.08. The van der Waals surface area contributed by atoms with Crippen LogP contribution in [0, 0.1) is 6.92 Å². The number of hydrogen-bond donors (Lipinski definition) is 1. The van der Waals surface area contributed by atoms with Crippen molar-refractivity contribution in [3.63, 3.8) is 0 Å². The van der Waals surface area contributed by atoms with Gasteiger partial charge in [-0.1, -0.05) is 6.07 Å². The molecule has 98 valence electrons. The van der Waals surface area contributed by atoms with Crippen molar-refractivity contribution < 1.29 is 0 Å². The van der Waals surface area contributed by atoms with E-state index in [0.29, 0.717) is 6.04 Å². The fraction of sp³-hybridized carbons (Fsp3) is 0.500. The minimum atomic E-state index is 0.524. The Kier molecular flexibility index (Phi) is 4.07. The molecule has 2 nitrogen and oxygen atoms in total. The third kappa shape index (κ3) is 2.59.